The number of ether oxygens (including phenoxy) is 1. The number of primary amides is 1. The standard InChI is InChI=1S/C18H27N3O3/c19-11-12-24-15-7-5-14(6-8-15)13-16(22)21-18(17(20)23)9-3-1-2-4-10-18/h5-8H,1-4,9-13,19H2,(H2,20,23)(H,21,22). The second kappa shape index (κ2) is 8.68. The van der Waals surface area contributed by atoms with Gasteiger partial charge in [0.05, 0.1) is 6.42 Å². The van der Waals surface area contributed by atoms with Gasteiger partial charge in [0.15, 0.2) is 0 Å². The third kappa shape index (κ3) is 4.96. The van der Waals surface area contributed by atoms with Crippen molar-refractivity contribution in [1.29, 1.82) is 0 Å². The Morgan fingerprint density at radius 1 is 1.08 bits per heavy atom. The molecular weight excluding hydrogens is 306 g/mol. The van der Waals surface area contributed by atoms with Crippen molar-refractivity contribution < 1.29 is 14.3 Å². The summed E-state index contributed by atoms with van der Waals surface area (Å²) >= 11 is 0. The van der Waals surface area contributed by atoms with Crippen molar-refractivity contribution in [2.24, 2.45) is 11.5 Å². The third-order valence-electron chi connectivity index (χ3n) is 4.48. The highest BCUT2D eigenvalue weighted by Crippen LogP contribution is 2.27. The molecule has 0 saturated heterocycles. The van der Waals surface area contributed by atoms with Crippen molar-refractivity contribution in [1.82, 2.24) is 5.32 Å². The highest BCUT2D eigenvalue weighted by atomic mass is 16.5. The molecular formula is C18H27N3O3. The molecule has 5 N–H and O–H groups in total. The number of carbonyl (C=O) groups is 2. The molecule has 1 fully saturated rings. The molecule has 1 aliphatic carbocycles. The van der Waals surface area contributed by atoms with Gasteiger partial charge >= 0.3 is 0 Å². The lowest BCUT2D eigenvalue weighted by atomic mass is 9.89. The zero-order valence-corrected chi connectivity index (χ0v) is 14.1. The average molecular weight is 333 g/mol. The predicted octanol–water partition coefficient (Wildman–Crippen LogP) is 1.26. The van der Waals surface area contributed by atoms with E-state index in [-0.39, 0.29) is 12.3 Å². The first kappa shape index (κ1) is 18.3. The first-order chi connectivity index (χ1) is 11.6. The van der Waals surface area contributed by atoms with Gasteiger partial charge in [0.25, 0.3) is 0 Å². The highest BCUT2D eigenvalue weighted by molar-refractivity contribution is 5.91. The molecule has 1 aromatic rings. The Labute approximate surface area is 142 Å². The van der Waals surface area contributed by atoms with Crippen LogP contribution in [0.2, 0.25) is 0 Å². The SMILES string of the molecule is NCCOc1ccc(CC(=O)NC2(C(N)=O)CCCCCC2)cc1. The molecule has 0 spiro atoms. The van der Waals surface area contributed by atoms with Crippen molar-refractivity contribution in [2.75, 3.05) is 13.2 Å². The van der Waals surface area contributed by atoms with Crippen molar-refractivity contribution in [3.63, 3.8) is 0 Å². The van der Waals surface area contributed by atoms with E-state index in [4.69, 9.17) is 16.2 Å². The Morgan fingerprint density at radius 3 is 2.25 bits per heavy atom. The molecule has 1 aromatic carbocycles. The normalized spacial score (nSPS) is 16.9. The van der Waals surface area contributed by atoms with Gasteiger partial charge in [-0.2, -0.15) is 0 Å². The molecule has 24 heavy (non-hydrogen) atoms. The van der Waals surface area contributed by atoms with Crippen LogP contribution in [0.5, 0.6) is 5.75 Å². The maximum Gasteiger partial charge on any atom is 0.243 e. The molecule has 1 saturated carbocycles. The quantitative estimate of drug-likeness (QED) is 0.653. The second-order valence-electron chi connectivity index (χ2n) is 6.37. The summed E-state index contributed by atoms with van der Waals surface area (Å²) in [6.45, 7) is 0.917. The monoisotopic (exact) mass is 333 g/mol. The maximum absolute atomic E-state index is 12.4. The van der Waals surface area contributed by atoms with Gasteiger partial charge in [0, 0.05) is 6.54 Å². The second-order valence-corrected chi connectivity index (χ2v) is 6.37. The summed E-state index contributed by atoms with van der Waals surface area (Å²) in [6, 6.07) is 7.31. The predicted molar refractivity (Wildman–Crippen MR) is 92.5 cm³/mol. The fourth-order valence-electron chi connectivity index (χ4n) is 3.14. The number of nitrogens with two attached hydrogens (primary N) is 2. The first-order valence-electron chi connectivity index (χ1n) is 8.58. The van der Waals surface area contributed by atoms with Crippen molar-refractivity contribution in [2.45, 2.75) is 50.5 Å². The number of nitrogens with one attached hydrogen (secondary N) is 1. The van der Waals surface area contributed by atoms with E-state index in [1.54, 1.807) is 0 Å². The molecule has 2 amide bonds. The smallest absolute Gasteiger partial charge is 0.243 e. The Morgan fingerprint density at radius 2 is 1.71 bits per heavy atom. The van der Waals surface area contributed by atoms with Crippen LogP contribution in [0.15, 0.2) is 24.3 Å². The molecule has 0 heterocycles. The molecule has 0 aliphatic heterocycles. The topological polar surface area (TPSA) is 107 Å². The van der Waals surface area contributed by atoms with Crippen LogP contribution in [-0.2, 0) is 16.0 Å². The van der Waals surface area contributed by atoms with Crippen LogP contribution < -0.4 is 21.5 Å². The largest absolute Gasteiger partial charge is 0.492 e. The van der Waals surface area contributed by atoms with E-state index in [1.165, 1.54) is 0 Å². The van der Waals surface area contributed by atoms with E-state index in [0.717, 1.165) is 37.0 Å². The van der Waals surface area contributed by atoms with E-state index in [2.05, 4.69) is 5.32 Å². The lowest BCUT2D eigenvalue weighted by molar-refractivity contribution is -0.131. The lowest BCUT2D eigenvalue weighted by Gasteiger charge is -2.30. The summed E-state index contributed by atoms with van der Waals surface area (Å²) in [4.78, 5) is 24.3. The summed E-state index contributed by atoms with van der Waals surface area (Å²) in [5.74, 6) is 0.122. The third-order valence-corrected chi connectivity index (χ3v) is 4.48. The van der Waals surface area contributed by atoms with E-state index >= 15 is 0 Å². The molecule has 0 unspecified atom stereocenters. The molecule has 0 bridgehead atoms. The van der Waals surface area contributed by atoms with Crippen molar-refractivity contribution in [3.8, 4) is 5.75 Å². The minimum Gasteiger partial charge on any atom is -0.492 e. The highest BCUT2D eigenvalue weighted by Gasteiger charge is 2.38. The fraction of sp³-hybridized carbons (Fsp3) is 0.556. The van der Waals surface area contributed by atoms with Crippen LogP contribution in [0, 0.1) is 0 Å². The van der Waals surface area contributed by atoms with Gasteiger partial charge in [-0.05, 0) is 30.5 Å². The number of amides is 2. The van der Waals surface area contributed by atoms with Gasteiger partial charge in [0.1, 0.15) is 17.9 Å². The molecule has 1 aliphatic rings. The lowest BCUT2D eigenvalue weighted by Crippen LogP contribution is -2.57. The van der Waals surface area contributed by atoms with Crippen LogP contribution in [0.1, 0.15) is 44.1 Å². The van der Waals surface area contributed by atoms with Crippen molar-refractivity contribution >= 4 is 11.8 Å². The first-order valence-corrected chi connectivity index (χ1v) is 8.58. The number of carbonyl (C=O) groups excluding carboxylic acids is 2. The molecule has 0 atom stereocenters. The van der Waals surface area contributed by atoms with Crippen LogP contribution in [0.25, 0.3) is 0 Å². The molecule has 132 valence electrons. The minimum absolute atomic E-state index is 0.175. The van der Waals surface area contributed by atoms with Gasteiger partial charge < -0.3 is 21.5 Å². The zero-order chi connectivity index (χ0) is 17.4. The van der Waals surface area contributed by atoms with Crippen LogP contribution in [0.3, 0.4) is 0 Å². The maximum atomic E-state index is 12.4. The van der Waals surface area contributed by atoms with Gasteiger partial charge in [-0.1, -0.05) is 37.8 Å². The van der Waals surface area contributed by atoms with Crippen molar-refractivity contribution in [3.05, 3.63) is 29.8 Å². The van der Waals surface area contributed by atoms with E-state index in [0.29, 0.717) is 26.0 Å². The van der Waals surface area contributed by atoms with Crippen LogP contribution >= 0.6 is 0 Å². The number of hydrogen-bond acceptors (Lipinski definition) is 4. The van der Waals surface area contributed by atoms with Gasteiger partial charge in [-0.3, -0.25) is 9.59 Å². The Balaban J connectivity index is 1.96. The zero-order valence-electron chi connectivity index (χ0n) is 14.1. The summed E-state index contributed by atoms with van der Waals surface area (Å²) in [5.41, 5.74) is 11.0. The number of rotatable bonds is 7. The molecule has 6 nitrogen and oxygen atoms in total. The fourth-order valence-corrected chi connectivity index (χ4v) is 3.14. The van der Waals surface area contributed by atoms with E-state index in [9.17, 15) is 9.59 Å². The molecule has 2 rings (SSSR count). The summed E-state index contributed by atoms with van der Waals surface area (Å²) in [6.07, 6.45) is 5.45. The number of hydrogen-bond donors (Lipinski definition) is 3. The van der Waals surface area contributed by atoms with Gasteiger partial charge in [-0.25, -0.2) is 0 Å². The average Bonchev–Trinajstić information content (AvgIpc) is 2.80. The Kier molecular flexibility index (Phi) is 6.61. The van der Waals surface area contributed by atoms with E-state index in [1.807, 2.05) is 24.3 Å². The summed E-state index contributed by atoms with van der Waals surface area (Å²) < 4.78 is 5.41. The Bertz CT molecular complexity index is 549. The summed E-state index contributed by atoms with van der Waals surface area (Å²) in [7, 11) is 0. The van der Waals surface area contributed by atoms with Gasteiger partial charge in [-0.15, -0.1) is 0 Å². The summed E-state index contributed by atoms with van der Waals surface area (Å²) in [5, 5.41) is 2.91. The number of benzene rings is 1. The molecule has 0 aromatic heterocycles. The Hall–Kier alpha value is -2.08. The van der Waals surface area contributed by atoms with Crippen LogP contribution in [0.4, 0.5) is 0 Å². The minimum atomic E-state index is -0.891. The van der Waals surface area contributed by atoms with Crippen LogP contribution in [-0.4, -0.2) is 30.5 Å². The molecule has 0 radical (unpaired) electrons. The molecule has 6 heteroatoms. The van der Waals surface area contributed by atoms with E-state index < -0.39 is 11.4 Å². The van der Waals surface area contributed by atoms with Gasteiger partial charge in [0.2, 0.25) is 11.8 Å².